The Morgan fingerprint density at radius 1 is 0.920 bits per heavy atom. The van der Waals surface area contributed by atoms with Crippen LogP contribution in [0.5, 0.6) is 0 Å². The minimum absolute atomic E-state index is 0.202. The van der Waals surface area contributed by atoms with Crippen molar-refractivity contribution in [2.75, 3.05) is 5.32 Å². The summed E-state index contributed by atoms with van der Waals surface area (Å²) in [4.78, 5) is 24.8. The second-order valence-corrected chi connectivity index (χ2v) is 5.35. The van der Waals surface area contributed by atoms with E-state index in [9.17, 15) is 4.79 Å². The molecular weight excluding hydrogens is 316 g/mol. The topological polar surface area (TPSA) is 77.6 Å². The molecule has 1 aromatic carbocycles. The molecule has 0 bridgehead atoms. The number of carbonyl (C=O) groups is 1. The van der Waals surface area contributed by atoms with Crippen molar-refractivity contribution < 1.29 is 4.79 Å². The van der Waals surface area contributed by atoms with E-state index in [0.29, 0.717) is 17.1 Å². The van der Waals surface area contributed by atoms with E-state index in [4.69, 9.17) is 0 Å². The normalized spacial score (nSPS) is 10.6. The number of nitrogens with zero attached hydrogens (tertiary/aromatic N) is 5. The highest BCUT2D eigenvalue weighted by Gasteiger charge is 2.09. The predicted octanol–water partition coefficient (Wildman–Crippen LogP) is 2.71. The third kappa shape index (κ3) is 3.16. The van der Waals surface area contributed by atoms with Crippen LogP contribution in [0.2, 0.25) is 0 Å². The molecule has 4 rings (SSSR count). The van der Waals surface area contributed by atoms with Gasteiger partial charge in [0.05, 0.1) is 6.33 Å². The summed E-state index contributed by atoms with van der Waals surface area (Å²) in [6.45, 7) is 0. The van der Waals surface area contributed by atoms with Crippen LogP contribution in [0.25, 0.3) is 11.5 Å². The summed E-state index contributed by atoms with van der Waals surface area (Å²) in [6.07, 6.45) is 11.9. The zero-order valence-electron chi connectivity index (χ0n) is 13.1. The summed E-state index contributed by atoms with van der Waals surface area (Å²) in [5.74, 6) is 0.434. The van der Waals surface area contributed by atoms with E-state index in [1.165, 1.54) is 0 Å². The molecule has 0 atom stereocenters. The molecular formula is C18H14N6O. The Balaban J connectivity index is 1.57. The van der Waals surface area contributed by atoms with E-state index in [-0.39, 0.29) is 5.91 Å². The standard InChI is InChI=1S/C18H14N6O/c25-18(14-4-5-21-17(10-14)24-9-7-20-13-24)22-15-2-1-3-16(11-15)23-8-6-19-12-23/h1-13H,(H,22,25). The van der Waals surface area contributed by atoms with E-state index in [2.05, 4.69) is 20.3 Å². The summed E-state index contributed by atoms with van der Waals surface area (Å²) in [5.41, 5.74) is 2.15. The Hall–Kier alpha value is -3.74. The van der Waals surface area contributed by atoms with E-state index in [0.717, 1.165) is 5.69 Å². The van der Waals surface area contributed by atoms with Crippen LogP contribution in [0.1, 0.15) is 10.4 Å². The van der Waals surface area contributed by atoms with Gasteiger partial charge in [-0.2, -0.15) is 0 Å². The maximum Gasteiger partial charge on any atom is 0.255 e. The molecule has 4 aromatic rings. The quantitative estimate of drug-likeness (QED) is 0.624. The van der Waals surface area contributed by atoms with Gasteiger partial charge in [0.15, 0.2) is 0 Å². The molecule has 0 radical (unpaired) electrons. The zero-order valence-corrected chi connectivity index (χ0v) is 13.1. The van der Waals surface area contributed by atoms with Crippen molar-refractivity contribution in [1.29, 1.82) is 0 Å². The molecule has 7 heteroatoms. The van der Waals surface area contributed by atoms with Crippen LogP contribution in [0.15, 0.2) is 80.0 Å². The summed E-state index contributed by atoms with van der Waals surface area (Å²) in [6, 6.07) is 11.0. The van der Waals surface area contributed by atoms with Crippen LogP contribution in [-0.2, 0) is 0 Å². The highest BCUT2D eigenvalue weighted by atomic mass is 16.1. The van der Waals surface area contributed by atoms with Crippen LogP contribution in [0.3, 0.4) is 0 Å². The smallest absolute Gasteiger partial charge is 0.255 e. The van der Waals surface area contributed by atoms with Gasteiger partial charge in [-0.05, 0) is 30.3 Å². The highest BCUT2D eigenvalue weighted by molar-refractivity contribution is 6.04. The van der Waals surface area contributed by atoms with E-state index in [1.807, 2.05) is 35.0 Å². The van der Waals surface area contributed by atoms with Crippen molar-refractivity contribution in [2.24, 2.45) is 0 Å². The maximum absolute atomic E-state index is 12.6. The summed E-state index contributed by atoms with van der Waals surface area (Å²) < 4.78 is 3.62. The number of nitrogens with one attached hydrogen (secondary N) is 1. The fraction of sp³-hybridized carbons (Fsp3) is 0. The number of amides is 1. The lowest BCUT2D eigenvalue weighted by Gasteiger charge is -2.09. The minimum atomic E-state index is -0.202. The highest BCUT2D eigenvalue weighted by Crippen LogP contribution is 2.16. The van der Waals surface area contributed by atoms with Crippen LogP contribution >= 0.6 is 0 Å². The second-order valence-electron chi connectivity index (χ2n) is 5.35. The van der Waals surface area contributed by atoms with Crippen molar-refractivity contribution in [3.05, 3.63) is 85.6 Å². The number of rotatable bonds is 4. The lowest BCUT2D eigenvalue weighted by Crippen LogP contribution is -2.13. The Kier molecular flexibility index (Phi) is 3.80. The van der Waals surface area contributed by atoms with E-state index >= 15 is 0 Å². The molecule has 0 aliphatic carbocycles. The summed E-state index contributed by atoms with van der Waals surface area (Å²) in [7, 11) is 0. The fourth-order valence-electron chi connectivity index (χ4n) is 2.45. The molecule has 0 aliphatic rings. The van der Waals surface area contributed by atoms with Gasteiger partial charge in [0.2, 0.25) is 0 Å². The molecule has 3 heterocycles. The number of aromatic nitrogens is 5. The maximum atomic E-state index is 12.6. The van der Waals surface area contributed by atoms with Gasteiger partial charge < -0.3 is 9.88 Å². The number of imidazole rings is 2. The van der Waals surface area contributed by atoms with Gasteiger partial charge in [-0.15, -0.1) is 0 Å². The average Bonchev–Trinajstić information content (AvgIpc) is 3.36. The molecule has 0 unspecified atom stereocenters. The molecule has 0 saturated heterocycles. The van der Waals surface area contributed by atoms with Crippen molar-refractivity contribution in [3.8, 4) is 11.5 Å². The first-order valence-corrected chi connectivity index (χ1v) is 7.64. The molecule has 1 N–H and O–H groups in total. The zero-order chi connectivity index (χ0) is 17.1. The van der Waals surface area contributed by atoms with Gasteiger partial charge in [0, 0.05) is 47.9 Å². The fourth-order valence-corrected chi connectivity index (χ4v) is 2.45. The number of pyridine rings is 1. The Morgan fingerprint density at radius 2 is 1.72 bits per heavy atom. The van der Waals surface area contributed by atoms with Crippen molar-refractivity contribution in [1.82, 2.24) is 24.1 Å². The number of anilines is 1. The minimum Gasteiger partial charge on any atom is -0.322 e. The summed E-state index contributed by atoms with van der Waals surface area (Å²) in [5, 5.41) is 2.91. The molecule has 0 aliphatic heterocycles. The third-order valence-electron chi connectivity index (χ3n) is 3.68. The molecule has 0 saturated carbocycles. The van der Waals surface area contributed by atoms with E-state index in [1.54, 1.807) is 54.1 Å². The first kappa shape index (κ1) is 14.8. The van der Waals surface area contributed by atoms with E-state index < -0.39 is 0 Å². The lowest BCUT2D eigenvalue weighted by atomic mass is 10.2. The molecule has 7 nitrogen and oxygen atoms in total. The SMILES string of the molecule is O=C(Nc1cccc(-n2ccnc2)c1)c1ccnc(-n2ccnc2)c1. The van der Waals surface area contributed by atoms with Crippen molar-refractivity contribution in [2.45, 2.75) is 0 Å². The number of carbonyl (C=O) groups excluding carboxylic acids is 1. The molecule has 1 amide bonds. The first-order valence-electron chi connectivity index (χ1n) is 7.64. The summed E-state index contributed by atoms with van der Waals surface area (Å²) >= 11 is 0. The van der Waals surface area contributed by atoms with Crippen LogP contribution < -0.4 is 5.32 Å². The van der Waals surface area contributed by atoms with Crippen LogP contribution in [0, 0.1) is 0 Å². The van der Waals surface area contributed by atoms with Gasteiger partial charge >= 0.3 is 0 Å². The van der Waals surface area contributed by atoms with Gasteiger partial charge in [-0.3, -0.25) is 9.36 Å². The second kappa shape index (κ2) is 6.40. The number of hydrogen-bond donors (Lipinski definition) is 1. The Bertz CT molecular complexity index is 992. The molecule has 0 fully saturated rings. The van der Waals surface area contributed by atoms with Crippen molar-refractivity contribution >= 4 is 11.6 Å². The average molecular weight is 330 g/mol. The predicted molar refractivity (Wildman–Crippen MR) is 92.9 cm³/mol. The third-order valence-corrected chi connectivity index (χ3v) is 3.68. The molecule has 0 spiro atoms. The van der Waals surface area contributed by atoms with Crippen LogP contribution in [0.4, 0.5) is 5.69 Å². The van der Waals surface area contributed by atoms with Gasteiger partial charge in [-0.25, -0.2) is 15.0 Å². The molecule has 25 heavy (non-hydrogen) atoms. The molecule has 122 valence electrons. The number of benzene rings is 1. The van der Waals surface area contributed by atoms with Gasteiger partial charge in [0.25, 0.3) is 5.91 Å². The Morgan fingerprint density at radius 3 is 2.48 bits per heavy atom. The largest absolute Gasteiger partial charge is 0.322 e. The van der Waals surface area contributed by atoms with Crippen molar-refractivity contribution in [3.63, 3.8) is 0 Å². The Labute approximate surface area is 143 Å². The van der Waals surface area contributed by atoms with Gasteiger partial charge in [0.1, 0.15) is 12.1 Å². The lowest BCUT2D eigenvalue weighted by molar-refractivity contribution is 0.102. The van der Waals surface area contributed by atoms with Gasteiger partial charge in [-0.1, -0.05) is 6.07 Å². The van der Waals surface area contributed by atoms with Crippen LogP contribution in [-0.4, -0.2) is 30.0 Å². The monoisotopic (exact) mass is 330 g/mol. The first-order chi connectivity index (χ1) is 12.3. The number of hydrogen-bond acceptors (Lipinski definition) is 4. The molecule has 3 aromatic heterocycles.